The van der Waals surface area contributed by atoms with Crippen molar-refractivity contribution in [1.29, 1.82) is 5.26 Å². The molecule has 0 radical (unpaired) electrons. The summed E-state index contributed by atoms with van der Waals surface area (Å²) >= 11 is 0. The summed E-state index contributed by atoms with van der Waals surface area (Å²) in [6.07, 6.45) is 2.03. The number of amides is 1. The first-order valence-corrected chi connectivity index (χ1v) is 4.89. The van der Waals surface area contributed by atoms with Gasteiger partial charge in [-0.05, 0) is 13.8 Å². The molecule has 82 valence electrons. The quantitative estimate of drug-likeness (QED) is 0.388. The first-order chi connectivity index (χ1) is 7.02. The van der Waals surface area contributed by atoms with E-state index in [2.05, 4.69) is 11.8 Å². The van der Waals surface area contributed by atoms with Crippen LogP contribution in [0.15, 0.2) is 0 Å². The fourth-order valence-corrected chi connectivity index (χ4v) is 0.876. The first-order valence-electron chi connectivity index (χ1n) is 4.89. The number of carbonyl (C=O) groups excluding carboxylic acids is 1. The average molecular weight is 207 g/mol. The van der Waals surface area contributed by atoms with Gasteiger partial charge in [0.15, 0.2) is 6.19 Å². The third kappa shape index (κ3) is 4.93. The van der Waals surface area contributed by atoms with Crippen LogP contribution in [0.3, 0.4) is 0 Å². The monoisotopic (exact) mass is 207 g/mol. The van der Waals surface area contributed by atoms with Crippen molar-refractivity contribution in [2.24, 2.45) is 0 Å². The van der Waals surface area contributed by atoms with E-state index in [-0.39, 0.29) is 11.9 Å². The molecule has 0 bridgehead atoms. The topological polar surface area (TPSA) is 47.3 Å². The molecular formula is C11H17N3O. The van der Waals surface area contributed by atoms with E-state index in [1.54, 1.807) is 16.8 Å². The molecule has 0 aliphatic rings. The summed E-state index contributed by atoms with van der Waals surface area (Å²) in [6.45, 7) is 6.34. The van der Waals surface area contributed by atoms with Crippen molar-refractivity contribution in [2.45, 2.75) is 26.8 Å². The number of hydrogen-bond acceptors (Lipinski definition) is 3. The van der Waals surface area contributed by atoms with Gasteiger partial charge in [-0.2, -0.15) is 5.26 Å². The molecule has 0 aromatic carbocycles. The van der Waals surface area contributed by atoms with Crippen molar-refractivity contribution in [3.63, 3.8) is 0 Å². The second-order valence-electron chi connectivity index (χ2n) is 3.24. The molecule has 0 aromatic rings. The summed E-state index contributed by atoms with van der Waals surface area (Å²) in [7, 11) is 1.71. The second kappa shape index (κ2) is 6.73. The Morgan fingerprint density at radius 1 is 1.53 bits per heavy atom. The highest BCUT2D eigenvalue weighted by Gasteiger charge is 2.07. The fraction of sp³-hybridized carbons (Fsp3) is 0.636. The normalized spacial score (nSPS) is 10.6. The minimum atomic E-state index is -0.111. The van der Waals surface area contributed by atoms with E-state index in [4.69, 9.17) is 5.26 Å². The Balaban J connectivity index is 4.18. The Bertz CT molecular complexity index is 308. The van der Waals surface area contributed by atoms with E-state index >= 15 is 0 Å². The number of carbonyl (C=O) groups is 1. The highest BCUT2D eigenvalue weighted by atomic mass is 16.2. The van der Waals surface area contributed by atoms with Crippen molar-refractivity contribution < 1.29 is 4.79 Å². The van der Waals surface area contributed by atoms with E-state index in [1.165, 1.54) is 6.92 Å². The number of nitrogens with zero attached hydrogens (tertiary/aromatic N) is 3. The van der Waals surface area contributed by atoms with Crippen LogP contribution in [0, 0.1) is 23.3 Å². The molecule has 0 saturated carbocycles. The molecule has 0 fully saturated rings. The molecule has 0 N–H and O–H groups in total. The van der Waals surface area contributed by atoms with E-state index in [9.17, 15) is 4.79 Å². The second-order valence-corrected chi connectivity index (χ2v) is 3.24. The Morgan fingerprint density at radius 3 is 2.53 bits per heavy atom. The third-order valence-corrected chi connectivity index (χ3v) is 2.18. The minimum absolute atomic E-state index is 0.00979. The highest BCUT2D eigenvalue weighted by molar-refractivity contribution is 5.73. The van der Waals surface area contributed by atoms with Crippen molar-refractivity contribution >= 4 is 5.91 Å². The van der Waals surface area contributed by atoms with E-state index in [0.717, 1.165) is 0 Å². The molecule has 1 unspecified atom stereocenters. The summed E-state index contributed by atoms with van der Waals surface area (Å²) in [5, 5.41) is 8.63. The van der Waals surface area contributed by atoms with Crippen LogP contribution >= 0.6 is 0 Å². The van der Waals surface area contributed by atoms with Crippen LogP contribution < -0.4 is 0 Å². The van der Waals surface area contributed by atoms with Gasteiger partial charge in [-0.1, -0.05) is 11.8 Å². The van der Waals surface area contributed by atoms with Gasteiger partial charge < -0.3 is 4.90 Å². The molecule has 0 heterocycles. The zero-order valence-corrected chi connectivity index (χ0v) is 9.74. The van der Waals surface area contributed by atoms with Gasteiger partial charge in [-0.3, -0.25) is 9.69 Å². The van der Waals surface area contributed by atoms with Crippen LogP contribution in [0.4, 0.5) is 0 Å². The Hall–Kier alpha value is -1.68. The summed E-state index contributed by atoms with van der Waals surface area (Å²) in [6, 6.07) is -0.111. The molecule has 15 heavy (non-hydrogen) atoms. The Kier molecular flexibility index (Phi) is 5.97. The molecule has 0 aliphatic heterocycles. The molecule has 1 amide bonds. The molecule has 0 saturated heterocycles. The van der Waals surface area contributed by atoms with Crippen molar-refractivity contribution in [1.82, 2.24) is 9.80 Å². The van der Waals surface area contributed by atoms with E-state index in [0.29, 0.717) is 13.1 Å². The van der Waals surface area contributed by atoms with Crippen LogP contribution in [0.1, 0.15) is 20.8 Å². The zero-order valence-electron chi connectivity index (χ0n) is 9.74. The number of rotatable bonds is 3. The maximum Gasteiger partial charge on any atom is 0.220 e. The van der Waals surface area contributed by atoms with E-state index in [1.807, 2.05) is 20.0 Å². The largest absolute Gasteiger partial charge is 0.332 e. The van der Waals surface area contributed by atoms with Gasteiger partial charge in [-0.15, -0.1) is 0 Å². The average Bonchev–Trinajstić information content (AvgIpc) is 2.22. The lowest BCUT2D eigenvalue weighted by Crippen LogP contribution is -2.32. The standard InChI is InChI=1S/C11H17N3O/c1-5-14(9-12)8-6-7-10(2)13(4)11(3)15/h10H,5,8H2,1-4H3. The lowest BCUT2D eigenvalue weighted by molar-refractivity contribution is -0.128. The third-order valence-electron chi connectivity index (χ3n) is 2.18. The SMILES string of the molecule is CCN(C#N)CC#CC(C)N(C)C(C)=O. The molecular weight excluding hydrogens is 190 g/mol. The highest BCUT2D eigenvalue weighted by Crippen LogP contribution is 1.93. The van der Waals surface area contributed by atoms with Gasteiger partial charge in [0.05, 0.1) is 12.6 Å². The van der Waals surface area contributed by atoms with E-state index < -0.39 is 0 Å². The van der Waals surface area contributed by atoms with Crippen LogP contribution in [-0.4, -0.2) is 41.9 Å². The summed E-state index contributed by atoms with van der Waals surface area (Å²) in [5.74, 6) is 5.80. The van der Waals surface area contributed by atoms with Gasteiger partial charge in [0.25, 0.3) is 0 Å². The molecule has 0 aliphatic carbocycles. The maximum absolute atomic E-state index is 11.0. The van der Waals surface area contributed by atoms with Gasteiger partial charge in [0, 0.05) is 20.5 Å². The predicted molar refractivity (Wildman–Crippen MR) is 58.5 cm³/mol. The van der Waals surface area contributed by atoms with Gasteiger partial charge in [0.2, 0.25) is 5.91 Å². The van der Waals surface area contributed by atoms with Crippen molar-refractivity contribution in [3.8, 4) is 18.0 Å². The van der Waals surface area contributed by atoms with Gasteiger partial charge in [0.1, 0.15) is 0 Å². The minimum Gasteiger partial charge on any atom is -0.332 e. The van der Waals surface area contributed by atoms with Gasteiger partial charge >= 0.3 is 0 Å². The summed E-state index contributed by atoms with van der Waals surface area (Å²) in [5.41, 5.74) is 0. The lowest BCUT2D eigenvalue weighted by atomic mass is 10.3. The molecule has 4 nitrogen and oxygen atoms in total. The molecule has 0 rings (SSSR count). The van der Waals surface area contributed by atoms with Gasteiger partial charge in [-0.25, -0.2) is 0 Å². The Labute approximate surface area is 91.5 Å². The van der Waals surface area contributed by atoms with Crippen LogP contribution in [0.25, 0.3) is 0 Å². The van der Waals surface area contributed by atoms with Crippen molar-refractivity contribution in [3.05, 3.63) is 0 Å². The molecule has 4 heteroatoms. The summed E-state index contributed by atoms with van der Waals surface area (Å²) < 4.78 is 0. The fourth-order valence-electron chi connectivity index (χ4n) is 0.876. The molecule has 0 spiro atoms. The predicted octanol–water partition coefficient (Wildman–Crippen LogP) is 0.660. The lowest BCUT2D eigenvalue weighted by Gasteiger charge is -2.18. The van der Waals surface area contributed by atoms with Crippen LogP contribution in [0.5, 0.6) is 0 Å². The van der Waals surface area contributed by atoms with Crippen molar-refractivity contribution in [2.75, 3.05) is 20.1 Å². The van der Waals surface area contributed by atoms with Crippen LogP contribution in [-0.2, 0) is 4.79 Å². The molecule has 0 aromatic heterocycles. The number of hydrogen-bond donors (Lipinski definition) is 0. The maximum atomic E-state index is 11.0. The smallest absolute Gasteiger partial charge is 0.220 e. The number of nitriles is 1. The first kappa shape index (κ1) is 13.3. The molecule has 1 atom stereocenters. The summed E-state index contributed by atoms with van der Waals surface area (Å²) in [4.78, 5) is 14.1. The Morgan fingerprint density at radius 2 is 2.13 bits per heavy atom. The van der Waals surface area contributed by atoms with Crippen LogP contribution in [0.2, 0.25) is 0 Å². The zero-order chi connectivity index (χ0) is 11.8.